The minimum absolute atomic E-state index is 0.0321. The summed E-state index contributed by atoms with van der Waals surface area (Å²) in [6.45, 7) is -0.455. The van der Waals surface area contributed by atoms with Crippen LogP contribution in [0.2, 0.25) is 0 Å². The van der Waals surface area contributed by atoms with E-state index < -0.39 is 31.1 Å². The fraction of sp³-hybridized carbons (Fsp3) is 0.353. The van der Waals surface area contributed by atoms with Crippen LogP contribution in [-0.2, 0) is 4.79 Å². The Morgan fingerprint density at radius 2 is 2.03 bits per heavy atom. The van der Waals surface area contributed by atoms with Crippen LogP contribution in [-0.4, -0.2) is 78.3 Å². The predicted octanol–water partition coefficient (Wildman–Crippen LogP) is 0.363. The van der Waals surface area contributed by atoms with Crippen molar-refractivity contribution in [3.05, 3.63) is 46.1 Å². The van der Waals surface area contributed by atoms with Crippen molar-refractivity contribution in [3.63, 3.8) is 0 Å². The zero-order chi connectivity index (χ0) is 21.6. The summed E-state index contributed by atoms with van der Waals surface area (Å²) in [4.78, 5) is 41.4. The number of alkyl halides is 3. The van der Waals surface area contributed by atoms with Crippen LogP contribution in [0.4, 0.5) is 13.2 Å². The summed E-state index contributed by atoms with van der Waals surface area (Å²) in [5.74, 6) is -1.23. The van der Waals surface area contributed by atoms with E-state index in [4.69, 9.17) is 0 Å². The molecule has 10 nitrogen and oxygen atoms in total. The van der Waals surface area contributed by atoms with Gasteiger partial charge in [0.15, 0.2) is 0 Å². The highest BCUT2D eigenvalue weighted by Crippen LogP contribution is 2.19. The minimum atomic E-state index is -4.50. The summed E-state index contributed by atoms with van der Waals surface area (Å²) in [5.41, 5.74) is 0.469. The number of aromatic amines is 1. The van der Waals surface area contributed by atoms with Crippen molar-refractivity contribution in [2.75, 3.05) is 26.2 Å². The van der Waals surface area contributed by atoms with Gasteiger partial charge in [-0.1, -0.05) is 0 Å². The number of carbonyl (C=O) groups excluding carboxylic acids is 2. The maximum atomic E-state index is 12.8. The Kier molecular flexibility index (Phi) is 4.59. The van der Waals surface area contributed by atoms with E-state index in [1.807, 2.05) is 0 Å². The van der Waals surface area contributed by atoms with Crippen LogP contribution in [0, 0.1) is 6.92 Å². The minimum Gasteiger partial charge on any atom is -0.330 e. The lowest BCUT2D eigenvalue weighted by atomic mass is 10.2. The van der Waals surface area contributed by atoms with E-state index in [-0.39, 0.29) is 30.2 Å². The molecule has 0 atom stereocenters. The second kappa shape index (κ2) is 7.00. The number of carbonyl (C=O) groups is 2. The molecule has 4 heterocycles. The lowest BCUT2D eigenvalue weighted by Crippen LogP contribution is -2.54. The molecule has 30 heavy (non-hydrogen) atoms. The molecule has 1 fully saturated rings. The van der Waals surface area contributed by atoms with Crippen LogP contribution >= 0.6 is 0 Å². The number of fused-ring (bicyclic) bond motifs is 1. The summed E-state index contributed by atoms with van der Waals surface area (Å²) >= 11 is 0. The Balaban J connectivity index is 1.56. The molecule has 4 rings (SSSR count). The van der Waals surface area contributed by atoms with Gasteiger partial charge in [0.1, 0.15) is 18.6 Å². The average molecular weight is 423 g/mol. The Bertz CT molecular complexity index is 1190. The molecule has 1 aliphatic heterocycles. The number of halogens is 3. The fourth-order valence-corrected chi connectivity index (χ4v) is 3.30. The summed E-state index contributed by atoms with van der Waals surface area (Å²) in [7, 11) is 0. The molecule has 1 saturated heterocycles. The van der Waals surface area contributed by atoms with E-state index in [1.165, 1.54) is 20.3 Å². The van der Waals surface area contributed by atoms with Crippen molar-refractivity contribution in [3.8, 4) is 5.95 Å². The number of nitrogens with zero attached hydrogens (tertiary/aromatic N) is 6. The molecule has 0 bridgehead atoms. The van der Waals surface area contributed by atoms with Crippen molar-refractivity contribution in [2.24, 2.45) is 0 Å². The Morgan fingerprint density at radius 3 is 2.73 bits per heavy atom. The van der Waals surface area contributed by atoms with Crippen molar-refractivity contribution in [1.29, 1.82) is 0 Å². The number of aromatic nitrogens is 5. The first-order chi connectivity index (χ1) is 14.1. The first-order valence-corrected chi connectivity index (χ1v) is 8.90. The van der Waals surface area contributed by atoms with E-state index in [1.54, 1.807) is 25.3 Å². The van der Waals surface area contributed by atoms with Crippen LogP contribution in [0.15, 0.2) is 29.3 Å². The van der Waals surface area contributed by atoms with Gasteiger partial charge in [-0.05, 0) is 19.1 Å². The Hall–Kier alpha value is -3.64. The van der Waals surface area contributed by atoms with Crippen molar-refractivity contribution in [1.82, 2.24) is 34.2 Å². The molecule has 0 spiro atoms. The number of hydrogen-bond acceptors (Lipinski definition) is 5. The van der Waals surface area contributed by atoms with Gasteiger partial charge >= 0.3 is 6.18 Å². The van der Waals surface area contributed by atoms with Gasteiger partial charge in [-0.3, -0.25) is 19.4 Å². The van der Waals surface area contributed by atoms with Crippen LogP contribution < -0.4 is 5.56 Å². The number of H-pyrrole nitrogens is 1. The van der Waals surface area contributed by atoms with Crippen LogP contribution in [0.1, 0.15) is 16.1 Å². The van der Waals surface area contributed by atoms with Crippen molar-refractivity contribution >= 4 is 17.3 Å². The maximum absolute atomic E-state index is 12.8. The first-order valence-electron chi connectivity index (χ1n) is 8.90. The van der Waals surface area contributed by atoms with E-state index in [2.05, 4.69) is 15.2 Å². The van der Waals surface area contributed by atoms with E-state index >= 15 is 0 Å². The standard InChI is InChI=1S/C17H16F3N7O3/c1-10-11(15(30)24-5-6-25(13(28)8-24)9-17(18,19)20)7-21-27(10)16-22-14(29)12-3-2-4-26(12)23-16/h2-4,7H,5-6,8-9H2,1H3,(H,22,23,29). The molecule has 0 saturated carbocycles. The highest BCUT2D eigenvalue weighted by molar-refractivity contribution is 5.97. The molecule has 0 radical (unpaired) electrons. The predicted molar refractivity (Wildman–Crippen MR) is 96.2 cm³/mol. The van der Waals surface area contributed by atoms with E-state index in [0.29, 0.717) is 16.1 Å². The quantitative estimate of drug-likeness (QED) is 0.655. The van der Waals surface area contributed by atoms with Gasteiger partial charge in [0.2, 0.25) is 11.9 Å². The summed E-state index contributed by atoms with van der Waals surface area (Å²) in [5, 5.41) is 8.33. The lowest BCUT2D eigenvalue weighted by molar-refractivity contribution is -0.164. The summed E-state index contributed by atoms with van der Waals surface area (Å²) < 4.78 is 40.3. The van der Waals surface area contributed by atoms with Gasteiger partial charge in [-0.25, -0.2) is 9.20 Å². The van der Waals surface area contributed by atoms with Gasteiger partial charge in [-0.2, -0.15) is 18.3 Å². The number of amides is 2. The third-order valence-electron chi connectivity index (χ3n) is 4.81. The molecule has 2 amide bonds. The van der Waals surface area contributed by atoms with Gasteiger partial charge < -0.3 is 9.80 Å². The largest absolute Gasteiger partial charge is 0.406 e. The van der Waals surface area contributed by atoms with Gasteiger partial charge in [-0.15, -0.1) is 5.10 Å². The topological polar surface area (TPSA) is 109 Å². The van der Waals surface area contributed by atoms with Crippen LogP contribution in [0.5, 0.6) is 0 Å². The van der Waals surface area contributed by atoms with Crippen LogP contribution in [0.3, 0.4) is 0 Å². The molecule has 3 aromatic heterocycles. The monoisotopic (exact) mass is 423 g/mol. The molecule has 0 unspecified atom stereocenters. The third kappa shape index (κ3) is 3.53. The van der Waals surface area contributed by atoms with E-state index in [0.717, 1.165) is 0 Å². The first kappa shape index (κ1) is 19.7. The van der Waals surface area contributed by atoms with Crippen molar-refractivity contribution < 1.29 is 22.8 Å². The fourth-order valence-electron chi connectivity index (χ4n) is 3.30. The molecular formula is C17H16F3N7O3. The number of piperazine rings is 1. The zero-order valence-corrected chi connectivity index (χ0v) is 15.7. The molecule has 3 aromatic rings. The normalized spacial score (nSPS) is 15.3. The number of hydrogen-bond donors (Lipinski definition) is 1. The van der Waals surface area contributed by atoms with E-state index in [9.17, 15) is 27.6 Å². The molecule has 0 aliphatic carbocycles. The Labute approximate surface area is 166 Å². The second-order valence-electron chi connectivity index (χ2n) is 6.83. The second-order valence-corrected chi connectivity index (χ2v) is 6.83. The average Bonchev–Trinajstić information content (AvgIpc) is 3.28. The van der Waals surface area contributed by atoms with Gasteiger partial charge in [0.25, 0.3) is 11.5 Å². The molecular weight excluding hydrogens is 407 g/mol. The van der Waals surface area contributed by atoms with Crippen LogP contribution in [0.25, 0.3) is 11.5 Å². The zero-order valence-electron chi connectivity index (χ0n) is 15.7. The van der Waals surface area contributed by atoms with Crippen molar-refractivity contribution in [2.45, 2.75) is 13.1 Å². The Morgan fingerprint density at radius 1 is 1.27 bits per heavy atom. The summed E-state index contributed by atoms with van der Waals surface area (Å²) in [6, 6.07) is 3.25. The van der Waals surface area contributed by atoms with Gasteiger partial charge in [0.05, 0.1) is 17.5 Å². The highest BCUT2D eigenvalue weighted by Gasteiger charge is 2.37. The smallest absolute Gasteiger partial charge is 0.330 e. The van der Waals surface area contributed by atoms with Gasteiger partial charge in [0, 0.05) is 19.3 Å². The molecule has 13 heteroatoms. The molecule has 0 aromatic carbocycles. The molecule has 1 aliphatic rings. The lowest BCUT2D eigenvalue weighted by Gasteiger charge is -2.34. The maximum Gasteiger partial charge on any atom is 0.406 e. The third-order valence-corrected chi connectivity index (χ3v) is 4.81. The molecule has 1 N–H and O–H groups in total. The summed E-state index contributed by atoms with van der Waals surface area (Å²) in [6.07, 6.45) is -1.64. The SMILES string of the molecule is Cc1c(C(=O)N2CCN(CC(F)(F)F)C(=O)C2)cnn1-c1nn2cccc2c(=O)[nH]1. The number of nitrogens with one attached hydrogen (secondary N) is 1. The molecule has 158 valence electrons. The number of rotatable bonds is 3. The highest BCUT2D eigenvalue weighted by atomic mass is 19.4.